The molecular formula is C17H12N4O3S. The highest BCUT2D eigenvalue weighted by molar-refractivity contribution is 7.15. The number of aromatic nitrogens is 3. The highest BCUT2D eigenvalue weighted by Crippen LogP contribution is 2.17. The minimum Gasteiger partial charge on any atom is -0.444 e. The molecule has 8 heteroatoms. The fourth-order valence-corrected chi connectivity index (χ4v) is 3.02. The van der Waals surface area contributed by atoms with Crippen molar-refractivity contribution in [1.29, 1.82) is 0 Å². The van der Waals surface area contributed by atoms with Crippen LogP contribution in [-0.2, 0) is 6.54 Å². The molecule has 1 aromatic carbocycles. The number of rotatable bonds is 4. The molecule has 0 saturated heterocycles. The Morgan fingerprint density at radius 2 is 2.12 bits per heavy atom. The number of carbonyl (C=O) groups excluding carboxylic acids is 1. The molecule has 4 aromatic rings. The maximum atomic E-state index is 12.3. The van der Waals surface area contributed by atoms with E-state index in [1.807, 2.05) is 30.3 Å². The third-order valence-corrected chi connectivity index (χ3v) is 4.36. The lowest BCUT2D eigenvalue weighted by Gasteiger charge is -2.02. The van der Waals surface area contributed by atoms with Crippen molar-refractivity contribution < 1.29 is 9.21 Å². The number of benzene rings is 1. The van der Waals surface area contributed by atoms with E-state index < -0.39 is 11.5 Å². The van der Waals surface area contributed by atoms with Crippen molar-refractivity contribution in [2.24, 2.45) is 0 Å². The zero-order chi connectivity index (χ0) is 17.2. The second kappa shape index (κ2) is 6.33. The van der Waals surface area contributed by atoms with Crippen molar-refractivity contribution in [3.63, 3.8) is 0 Å². The number of nitrogens with zero attached hydrogens (tertiary/aromatic N) is 3. The van der Waals surface area contributed by atoms with E-state index in [0.29, 0.717) is 16.5 Å². The van der Waals surface area contributed by atoms with E-state index in [-0.39, 0.29) is 12.1 Å². The van der Waals surface area contributed by atoms with Gasteiger partial charge in [0.1, 0.15) is 11.8 Å². The summed E-state index contributed by atoms with van der Waals surface area (Å²) in [6.07, 6.45) is 4.37. The third kappa shape index (κ3) is 2.94. The summed E-state index contributed by atoms with van der Waals surface area (Å²) >= 11 is 1.33. The zero-order valence-corrected chi connectivity index (χ0v) is 13.7. The Labute approximate surface area is 145 Å². The summed E-state index contributed by atoms with van der Waals surface area (Å²) in [6, 6.07) is 9.46. The molecule has 0 bridgehead atoms. The Kier molecular flexibility index (Phi) is 3.87. The molecule has 25 heavy (non-hydrogen) atoms. The molecule has 0 aliphatic rings. The molecule has 4 rings (SSSR count). The number of thiazole rings is 1. The van der Waals surface area contributed by atoms with Crippen molar-refractivity contribution in [2.45, 2.75) is 6.54 Å². The first-order valence-electron chi connectivity index (χ1n) is 7.45. The summed E-state index contributed by atoms with van der Waals surface area (Å²) in [4.78, 5) is 33.5. The molecule has 0 spiro atoms. The van der Waals surface area contributed by atoms with Gasteiger partial charge in [-0.1, -0.05) is 18.2 Å². The van der Waals surface area contributed by atoms with E-state index >= 15 is 0 Å². The van der Waals surface area contributed by atoms with Gasteiger partial charge in [0.2, 0.25) is 5.89 Å². The lowest BCUT2D eigenvalue weighted by atomic mass is 10.2. The number of amides is 1. The van der Waals surface area contributed by atoms with Crippen LogP contribution in [0.15, 0.2) is 63.6 Å². The first kappa shape index (κ1) is 15.3. The van der Waals surface area contributed by atoms with E-state index in [4.69, 9.17) is 4.42 Å². The number of oxazole rings is 1. The van der Waals surface area contributed by atoms with Crippen molar-refractivity contribution in [3.8, 4) is 11.5 Å². The summed E-state index contributed by atoms with van der Waals surface area (Å²) in [5.74, 6) is -0.0198. The number of hydrogen-bond donors (Lipinski definition) is 1. The van der Waals surface area contributed by atoms with Gasteiger partial charge in [-0.3, -0.25) is 14.0 Å². The SMILES string of the molecule is O=C(NCc1coc(-c2ccccc2)n1)c1cnc2sccn2c1=O. The van der Waals surface area contributed by atoms with Gasteiger partial charge < -0.3 is 9.73 Å². The largest absolute Gasteiger partial charge is 0.444 e. The summed E-state index contributed by atoms with van der Waals surface area (Å²) in [5.41, 5.74) is 1.01. The van der Waals surface area contributed by atoms with Crippen molar-refractivity contribution in [1.82, 2.24) is 19.7 Å². The number of nitrogens with one attached hydrogen (secondary N) is 1. The van der Waals surface area contributed by atoms with Crippen LogP contribution in [0.1, 0.15) is 16.1 Å². The quantitative estimate of drug-likeness (QED) is 0.609. The highest BCUT2D eigenvalue weighted by atomic mass is 32.1. The van der Waals surface area contributed by atoms with Crippen molar-refractivity contribution in [2.75, 3.05) is 0 Å². The van der Waals surface area contributed by atoms with Crippen LogP contribution in [0.3, 0.4) is 0 Å². The Bertz CT molecular complexity index is 1100. The predicted molar refractivity (Wildman–Crippen MR) is 92.4 cm³/mol. The molecule has 0 unspecified atom stereocenters. The maximum Gasteiger partial charge on any atom is 0.271 e. The molecule has 0 saturated carbocycles. The number of carbonyl (C=O) groups is 1. The van der Waals surface area contributed by atoms with Gasteiger partial charge in [-0.25, -0.2) is 9.97 Å². The predicted octanol–water partition coefficient (Wildman–Crippen LogP) is 2.34. The summed E-state index contributed by atoms with van der Waals surface area (Å²) in [5, 5.41) is 4.41. The molecule has 1 N–H and O–H groups in total. The van der Waals surface area contributed by atoms with E-state index in [1.54, 1.807) is 11.6 Å². The molecule has 124 valence electrons. The maximum absolute atomic E-state index is 12.3. The zero-order valence-electron chi connectivity index (χ0n) is 12.9. The number of hydrogen-bond acceptors (Lipinski definition) is 6. The smallest absolute Gasteiger partial charge is 0.271 e. The topological polar surface area (TPSA) is 89.5 Å². The Hall–Kier alpha value is -3.26. The highest BCUT2D eigenvalue weighted by Gasteiger charge is 2.14. The van der Waals surface area contributed by atoms with E-state index in [2.05, 4.69) is 15.3 Å². The minimum atomic E-state index is -0.498. The van der Waals surface area contributed by atoms with Gasteiger partial charge >= 0.3 is 0 Å². The van der Waals surface area contributed by atoms with Crippen LogP contribution >= 0.6 is 11.3 Å². The number of fused-ring (bicyclic) bond motifs is 1. The lowest BCUT2D eigenvalue weighted by Crippen LogP contribution is -2.30. The van der Waals surface area contributed by atoms with Gasteiger partial charge in [-0.2, -0.15) is 0 Å². The van der Waals surface area contributed by atoms with Crippen LogP contribution in [0.4, 0.5) is 0 Å². The normalized spacial score (nSPS) is 10.9. The van der Waals surface area contributed by atoms with Crippen LogP contribution < -0.4 is 10.9 Å². The van der Waals surface area contributed by atoms with Gasteiger partial charge in [-0.05, 0) is 12.1 Å². The first-order valence-corrected chi connectivity index (χ1v) is 8.33. The van der Waals surface area contributed by atoms with Crippen molar-refractivity contribution in [3.05, 3.63) is 76.0 Å². The Morgan fingerprint density at radius 1 is 1.28 bits per heavy atom. The lowest BCUT2D eigenvalue weighted by molar-refractivity contribution is 0.0948. The fourth-order valence-electron chi connectivity index (χ4n) is 2.35. The van der Waals surface area contributed by atoms with Crippen LogP contribution in [0, 0.1) is 0 Å². The summed E-state index contributed by atoms with van der Waals surface area (Å²) in [6.45, 7) is 0.154. The molecule has 0 atom stereocenters. The van der Waals surface area contributed by atoms with Gasteiger partial charge in [0, 0.05) is 23.3 Å². The van der Waals surface area contributed by atoms with Gasteiger partial charge in [0.05, 0.1) is 12.2 Å². The van der Waals surface area contributed by atoms with Crippen LogP contribution in [-0.4, -0.2) is 20.3 Å². The Balaban J connectivity index is 1.49. The second-order valence-electron chi connectivity index (χ2n) is 5.23. The van der Waals surface area contributed by atoms with E-state index in [1.165, 1.54) is 28.2 Å². The molecule has 0 radical (unpaired) electrons. The van der Waals surface area contributed by atoms with Crippen molar-refractivity contribution >= 4 is 22.2 Å². The van der Waals surface area contributed by atoms with Gasteiger partial charge in [-0.15, -0.1) is 11.3 Å². The van der Waals surface area contributed by atoms with Crippen LogP contribution in [0.2, 0.25) is 0 Å². The molecule has 3 heterocycles. The molecule has 0 aliphatic heterocycles. The van der Waals surface area contributed by atoms with Crippen LogP contribution in [0.5, 0.6) is 0 Å². The third-order valence-electron chi connectivity index (χ3n) is 3.59. The molecule has 3 aromatic heterocycles. The molecule has 7 nitrogen and oxygen atoms in total. The Morgan fingerprint density at radius 3 is 2.96 bits per heavy atom. The average molecular weight is 352 g/mol. The molecule has 0 aliphatic carbocycles. The van der Waals surface area contributed by atoms with Gasteiger partial charge in [0.15, 0.2) is 4.96 Å². The molecule has 1 amide bonds. The molecule has 0 fully saturated rings. The fraction of sp³-hybridized carbons (Fsp3) is 0.0588. The second-order valence-corrected chi connectivity index (χ2v) is 6.10. The van der Waals surface area contributed by atoms with Gasteiger partial charge in [0.25, 0.3) is 11.5 Å². The van der Waals surface area contributed by atoms with Crippen LogP contribution in [0.25, 0.3) is 16.4 Å². The average Bonchev–Trinajstić information content (AvgIpc) is 3.30. The standard InChI is InChI=1S/C17H12N4O3S/c22-14(13-9-19-17-21(16(13)23)6-7-25-17)18-8-12-10-24-15(20-12)11-4-2-1-3-5-11/h1-7,9-10H,8H2,(H,18,22). The van der Waals surface area contributed by atoms with E-state index in [9.17, 15) is 9.59 Å². The summed E-state index contributed by atoms with van der Waals surface area (Å²) < 4.78 is 6.77. The summed E-state index contributed by atoms with van der Waals surface area (Å²) in [7, 11) is 0. The molecular weight excluding hydrogens is 340 g/mol. The van der Waals surface area contributed by atoms with E-state index in [0.717, 1.165) is 5.56 Å². The minimum absolute atomic E-state index is 0.0114. The first-order chi connectivity index (χ1) is 12.2. The monoisotopic (exact) mass is 352 g/mol.